The highest BCUT2D eigenvalue weighted by molar-refractivity contribution is 5.76. The fourth-order valence-electron chi connectivity index (χ4n) is 1.78. The molecule has 0 bridgehead atoms. The van der Waals surface area contributed by atoms with Gasteiger partial charge in [0.05, 0.1) is 25.7 Å². The van der Waals surface area contributed by atoms with Crippen LogP contribution in [0.3, 0.4) is 0 Å². The molecule has 2 aliphatic rings. The summed E-state index contributed by atoms with van der Waals surface area (Å²) < 4.78 is 5.20. The molecule has 2 rings (SSSR count). The van der Waals surface area contributed by atoms with E-state index in [-0.39, 0.29) is 18.5 Å². The maximum atomic E-state index is 11.8. The van der Waals surface area contributed by atoms with E-state index in [9.17, 15) is 9.59 Å². The Bertz CT molecular complexity index is 291. The van der Waals surface area contributed by atoms with Gasteiger partial charge in [-0.15, -0.1) is 0 Å². The molecule has 2 amide bonds. The first-order valence-corrected chi connectivity index (χ1v) is 5.53. The lowest BCUT2D eigenvalue weighted by Gasteiger charge is -2.34. The number of nitrogens with one attached hydrogen (secondary N) is 1. The number of hydrogen-bond acceptors (Lipinski definition) is 3. The molecule has 6 nitrogen and oxygen atoms in total. The zero-order valence-electron chi connectivity index (χ0n) is 9.02. The summed E-state index contributed by atoms with van der Waals surface area (Å²) in [4.78, 5) is 24.0. The predicted octanol–water partition coefficient (Wildman–Crippen LogP) is 0.0339. The third kappa shape index (κ3) is 2.85. The standard InChI is InChI=1S/C10H16N2O4/c13-9(14)5-8-6-16-4-3-12(8)10(15)11-7-1-2-7/h7-8H,1-6H2,(H,11,15)(H,13,14). The molecule has 0 spiro atoms. The summed E-state index contributed by atoms with van der Waals surface area (Å²) in [6.45, 7) is 1.26. The van der Waals surface area contributed by atoms with Crippen LogP contribution in [-0.2, 0) is 9.53 Å². The van der Waals surface area contributed by atoms with Gasteiger partial charge in [-0.3, -0.25) is 4.79 Å². The Balaban J connectivity index is 1.91. The van der Waals surface area contributed by atoms with Gasteiger partial charge in [-0.25, -0.2) is 4.79 Å². The van der Waals surface area contributed by atoms with E-state index in [1.165, 1.54) is 0 Å². The van der Waals surface area contributed by atoms with Crippen molar-refractivity contribution in [3.8, 4) is 0 Å². The van der Waals surface area contributed by atoms with E-state index in [4.69, 9.17) is 9.84 Å². The highest BCUT2D eigenvalue weighted by Gasteiger charge is 2.32. The molecule has 1 aliphatic carbocycles. The smallest absolute Gasteiger partial charge is 0.318 e. The van der Waals surface area contributed by atoms with Crippen LogP contribution in [0, 0.1) is 0 Å². The van der Waals surface area contributed by atoms with Gasteiger partial charge in [0, 0.05) is 12.6 Å². The average Bonchev–Trinajstić information content (AvgIpc) is 3.01. The summed E-state index contributed by atoms with van der Waals surface area (Å²) >= 11 is 0. The zero-order valence-corrected chi connectivity index (χ0v) is 9.02. The van der Waals surface area contributed by atoms with Crippen molar-refractivity contribution in [2.75, 3.05) is 19.8 Å². The van der Waals surface area contributed by atoms with Crippen LogP contribution < -0.4 is 5.32 Å². The molecule has 1 atom stereocenters. The van der Waals surface area contributed by atoms with Gasteiger partial charge in [0.1, 0.15) is 0 Å². The highest BCUT2D eigenvalue weighted by atomic mass is 16.5. The molecular formula is C10H16N2O4. The fraction of sp³-hybridized carbons (Fsp3) is 0.800. The molecule has 1 saturated heterocycles. The Morgan fingerprint density at radius 2 is 2.19 bits per heavy atom. The van der Waals surface area contributed by atoms with Gasteiger partial charge in [0.25, 0.3) is 0 Å². The van der Waals surface area contributed by atoms with E-state index < -0.39 is 5.97 Å². The normalized spacial score (nSPS) is 25.2. The molecule has 16 heavy (non-hydrogen) atoms. The number of hydrogen-bond donors (Lipinski definition) is 2. The molecule has 0 aromatic carbocycles. The second-order valence-electron chi connectivity index (χ2n) is 4.24. The summed E-state index contributed by atoms with van der Waals surface area (Å²) in [7, 11) is 0. The third-order valence-corrected chi connectivity index (χ3v) is 2.80. The quantitative estimate of drug-likeness (QED) is 0.714. The molecule has 1 saturated carbocycles. The lowest BCUT2D eigenvalue weighted by Crippen LogP contribution is -2.53. The van der Waals surface area contributed by atoms with Gasteiger partial charge in [0.15, 0.2) is 0 Å². The van der Waals surface area contributed by atoms with Gasteiger partial charge in [0.2, 0.25) is 0 Å². The molecule has 0 radical (unpaired) electrons. The molecule has 1 aliphatic heterocycles. The molecule has 6 heteroatoms. The maximum Gasteiger partial charge on any atom is 0.318 e. The van der Waals surface area contributed by atoms with E-state index in [2.05, 4.69) is 5.32 Å². The maximum absolute atomic E-state index is 11.8. The Labute approximate surface area is 93.6 Å². The number of aliphatic carboxylic acids is 1. The van der Waals surface area contributed by atoms with Crippen molar-refractivity contribution in [2.24, 2.45) is 0 Å². The number of morpholine rings is 1. The monoisotopic (exact) mass is 228 g/mol. The largest absolute Gasteiger partial charge is 0.481 e. The van der Waals surface area contributed by atoms with Crippen LogP contribution in [-0.4, -0.2) is 53.8 Å². The lowest BCUT2D eigenvalue weighted by atomic mass is 10.1. The Hall–Kier alpha value is -1.30. The number of nitrogens with zero attached hydrogens (tertiary/aromatic N) is 1. The minimum atomic E-state index is -0.903. The number of carboxylic acid groups (broad SMARTS) is 1. The van der Waals surface area contributed by atoms with E-state index >= 15 is 0 Å². The van der Waals surface area contributed by atoms with Gasteiger partial charge in [-0.05, 0) is 12.8 Å². The Morgan fingerprint density at radius 3 is 2.81 bits per heavy atom. The number of amides is 2. The fourth-order valence-corrected chi connectivity index (χ4v) is 1.78. The number of carbonyl (C=O) groups excluding carboxylic acids is 1. The first kappa shape index (κ1) is 11.2. The molecule has 0 aromatic heterocycles. The molecular weight excluding hydrogens is 212 g/mol. The summed E-state index contributed by atoms with van der Waals surface area (Å²) in [6.07, 6.45) is 2.00. The van der Waals surface area contributed by atoms with Gasteiger partial charge in [-0.2, -0.15) is 0 Å². The van der Waals surface area contributed by atoms with E-state index in [1.807, 2.05) is 0 Å². The highest BCUT2D eigenvalue weighted by Crippen LogP contribution is 2.20. The first-order chi connectivity index (χ1) is 7.66. The van der Waals surface area contributed by atoms with Crippen LogP contribution in [0.25, 0.3) is 0 Å². The first-order valence-electron chi connectivity index (χ1n) is 5.53. The third-order valence-electron chi connectivity index (χ3n) is 2.80. The zero-order chi connectivity index (χ0) is 11.5. The lowest BCUT2D eigenvalue weighted by molar-refractivity contribution is -0.139. The van der Waals surface area contributed by atoms with Crippen LogP contribution in [0.5, 0.6) is 0 Å². The predicted molar refractivity (Wildman–Crippen MR) is 55.1 cm³/mol. The second kappa shape index (κ2) is 4.69. The molecule has 1 unspecified atom stereocenters. The number of rotatable bonds is 3. The van der Waals surface area contributed by atoms with Crippen molar-refractivity contribution in [3.05, 3.63) is 0 Å². The van der Waals surface area contributed by atoms with Gasteiger partial charge in [-0.1, -0.05) is 0 Å². The summed E-state index contributed by atoms with van der Waals surface area (Å²) in [5, 5.41) is 11.6. The Morgan fingerprint density at radius 1 is 1.44 bits per heavy atom. The SMILES string of the molecule is O=C(O)CC1COCCN1C(=O)NC1CC1. The number of carbonyl (C=O) groups is 2. The summed E-state index contributed by atoms with van der Waals surface area (Å²) in [6, 6.07) is -0.206. The average molecular weight is 228 g/mol. The van der Waals surface area contributed by atoms with Gasteiger partial charge < -0.3 is 20.1 Å². The minimum absolute atomic E-state index is 0.0575. The van der Waals surface area contributed by atoms with Crippen LogP contribution in [0.1, 0.15) is 19.3 Å². The van der Waals surface area contributed by atoms with E-state index in [0.717, 1.165) is 12.8 Å². The van der Waals surface area contributed by atoms with Crippen LogP contribution in [0.15, 0.2) is 0 Å². The van der Waals surface area contributed by atoms with Crippen molar-refractivity contribution in [1.82, 2.24) is 10.2 Å². The minimum Gasteiger partial charge on any atom is -0.481 e. The number of ether oxygens (including phenoxy) is 1. The van der Waals surface area contributed by atoms with Crippen molar-refractivity contribution < 1.29 is 19.4 Å². The van der Waals surface area contributed by atoms with E-state index in [0.29, 0.717) is 25.8 Å². The van der Waals surface area contributed by atoms with E-state index in [1.54, 1.807) is 4.90 Å². The van der Waals surface area contributed by atoms with Crippen LogP contribution in [0.2, 0.25) is 0 Å². The topological polar surface area (TPSA) is 78.9 Å². The molecule has 2 fully saturated rings. The van der Waals surface area contributed by atoms with Crippen LogP contribution >= 0.6 is 0 Å². The summed E-state index contributed by atoms with van der Waals surface area (Å²) in [5.41, 5.74) is 0. The van der Waals surface area contributed by atoms with Gasteiger partial charge >= 0.3 is 12.0 Å². The molecule has 90 valence electrons. The second-order valence-corrected chi connectivity index (χ2v) is 4.24. The molecule has 2 N–H and O–H groups in total. The number of carboxylic acids is 1. The Kier molecular flexibility index (Phi) is 3.28. The van der Waals surface area contributed by atoms with Crippen molar-refractivity contribution >= 4 is 12.0 Å². The van der Waals surface area contributed by atoms with Crippen LogP contribution in [0.4, 0.5) is 4.79 Å². The van der Waals surface area contributed by atoms with Crippen molar-refractivity contribution in [2.45, 2.75) is 31.3 Å². The molecule has 0 aromatic rings. The van der Waals surface area contributed by atoms with Crippen molar-refractivity contribution in [1.29, 1.82) is 0 Å². The summed E-state index contributed by atoms with van der Waals surface area (Å²) in [5.74, 6) is -0.903. The molecule has 1 heterocycles. The van der Waals surface area contributed by atoms with Crippen molar-refractivity contribution in [3.63, 3.8) is 0 Å². The number of urea groups is 1.